The zero-order valence-corrected chi connectivity index (χ0v) is 19.6. The summed E-state index contributed by atoms with van der Waals surface area (Å²) in [7, 11) is 1.68. The second-order valence-corrected chi connectivity index (χ2v) is 9.07. The Hall–Kier alpha value is -3.74. The van der Waals surface area contributed by atoms with Crippen LogP contribution >= 0.6 is 0 Å². The van der Waals surface area contributed by atoms with Crippen LogP contribution in [0, 0.1) is 0 Å². The van der Waals surface area contributed by atoms with E-state index >= 15 is 0 Å². The number of ether oxygens (including phenoxy) is 1. The number of rotatable bonds is 6. The van der Waals surface area contributed by atoms with Gasteiger partial charge >= 0.3 is 0 Å². The lowest BCUT2D eigenvalue weighted by molar-refractivity contribution is -0.137. The molecule has 3 heterocycles. The molecule has 34 heavy (non-hydrogen) atoms. The van der Waals surface area contributed by atoms with Crippen molar-refractivity contribution in [3.63, 3.8) is 0 Å². The largest absolute Gasteiger partial charge is 0.497 e. The van der Waals surface area contributed by atoms with Crippen molar-refractivity contribution in [2.45, 2.75) is 38.1 Å². The van der Waals surface area contributed by atoms with Crippen molar-refractivity contribution >= 4 is 33.6 Å². The number of hydrogen-bond acceptors (Lipinski definition) is 3. The monoisotopic (exact) mass is 458 g/mol. The zero-order chi connectivity index (χ0) is 23.7. The molecule has 0 saturated carbocycles. The number of piperidine rings is 1. The molecule has 2 amide bonds. The highest BCUT2D eigenvalue weighted by molar-refractivity contribution is 5.89. The molecular formula is C27H30N4O3. The van der Waals surface area contributed by atoms with Gasteiger partial charge in [0.25, 0.3) is 0 Å². The quantitative estimate of drug-likeness (QED) is 0.406. The molecule has 1 aliphatic rings. The molecule has 7 nitrogen and oxygen atoms in total. The summed E-state index contributed by atoms with van der Waals surface area (Å²) in [6, 6.07) is 13.5. The van der Waals surface area contributed by atoms with Crippen molar-refractivity contribution in [3.8, 4) is 5.75 Å². The minimum absolute atomic E-state index is 0.0143. The van der Waals surface area contributed by atoms with E-state index in [0.29, 0.717) is 25.4 Å². The van der Waals surface area contributed by atoms with Gasteiger partial charge in [-0.1, -0.05) is 18.2 Å². The Balaban J connectivity index is 1.30. The smallest absolute Gasteiger partial charge is 0.245 e. The zero-order valence-electron chi connectivity index (χ0n) is 19.6. The number of fused-ring (bicyclic) bond motifs is 2. The van der Waals surface area contributed by atoms with Crippen LogP contribution in [0.3, 0.4) is 0 Å². The average Bonchev–Trinajstić information content (AvgIpc) is 3.47. The summed E-state index contributed by atoms with van der Waals surface area (Å²) < 4.78 is 5.41. The van der Waals surface area contributed by atoms with Crippen molar-refractivity contribution in [3.05, 3.63) is 66.0 Å². The number of hydrogen-bond donors (Lipinski definition) is 3. The van der Waals surface area contributed by atoms with Crippen molar-refractivity contribution in [1.82, 2.24) is 20.2 Å². The van der Waals surface area contributed by atoms with Crippen LogP contribution in [0.25, 0.3) is 21.8 Å². The van der Waals surface area contributed by atoms with Gasteiger partial charge in [-0.3, -0.25) is 9.59 Å². The van der Waals surface area contributed by atoms with Crippen LogP contribution in [0.15, 0.2) is 54.9 Å². The van der Waals surface area contributed by atoms with Gasteiger partial charge in [-0.25, -0.2) is 0 Å². The molecule has 0 radical (unpaired) electrons. The summed E-state index contributed by atoms with van der Waals surface area (Å²) in [5, 5.41) is 5.16. The molecule has 1 aliphatic heterocycles. The maximum atomic E-state index is 13.5. The summed E-state index contributed by atoms with van der Waals surface area (Å²) in [6.07, 6.45) is 6.25. The fourth-order valence-electron chi connectivity index (χ4n) is 5.18. The minimum Gasteiger partial charge on any atom is -0.497 e. The number of carbonyl (C=O) groups is 2. The van der Waals surface area contributed by atoms with Crippen molar-refractivity contribution < 1.29 is 14.3 Å². The number of para-hydroxylation sites is 1. The number of carbonyl (C=O) groups excluding carboxylic acids is 2. The summed E-state index contributed by atoms with van der Waals surface area (Å²) in [4.78, 5) is 33.9. The third kappa shape index (κ3) is 4.25. The number of aromatic nitrogens is 2. The predicted molar refractivity (Wildman–Crippen MR) is 133 cm³/mol. The Labute approximate surface area is 198 Å². The summed E-state index contributed by atoms with van der Waals surface area (Å²) >= 11 is 0. The molecule has 0 bridgehead atoms. The highest BCUT2D eigenvalue weighted by atomic mass is 16.5. The third-order valence-corrected chi connectivity index (χ3v) is 6.94. The first-order valence-electron chi connectivity index (χ1n) is 11.8. The molecule has 176 valence electrons. The van der Waals surface area contributed by atoms with Crippen molar-refractivity contribution in [2.24, 2.45) is 0 Å². The lowest BCUT2D eigenvalue weighted by Gasteiger charge is -2.34. The molecule has 1 fully saturated rings. The standard InChI is InChI=1S/C27H30N4O3/c1-17(32)30-26(13-19-15-28-24-6-4-3-5-21(19)24)27(33)31-11-9-18(10-12-31)23-16-29-25-8-7-20(34-2)14-22(23)25/h3-8,14-16,18,26,28-29H,9-13H2,1-2H3,(H,30,32). The van der Waals surface area contributed by atoms with Gasteiger partial charge in [-0.05, 0) is 54.2 Å². The second-order valence-electron chi connectivity index (χ2n) is 9.07. The number of benzene rings is 2. The fraction of sp³-hybridized carbons (Fsp3) is 0.333. The van der Waals surface area contributed by atoms with Crippen LogP contribution in [-0.4, -0.2) is 52.9 Å². The molecule has 0 spiro atoms. The number of nitrogens with one attached hydrogen (secondary N) is 3. The Morgan fingerprint density at radius 2 is 1.79 bits per heavy atom. The minimum atomic E-state index is -0.578. The Morgan fingerprint density at radius 1 is 1.06 bits per heavy atom. The first-order chi connectivity index (χ1) is 16.5. The number of likely N-dealkylation sites (tertiary alicyclic amines) is 1. The summed E-state index contributed by atoms with van der Waals surface area (Å²) in [5.74, 6) is 1.01. The van der Waals surface area contributed by atoms with E-state index in [1.807, 2.05) is 47.5 Å². The highest BCUT2D eigenvalue weighted by Crippen LogP contribution is 2.35. The van der Waals surface area contributed by atoms with Crippen molar-refractivity contribution in [2.75, 3.05) is 20.2 Å². The van der Waals surface area contributed by atoms with E-state index < -0.39 is 6.04 Å². The lowest BCUT2D eigenvalue weighted by Crippen LogP contribution is -2.51. The van der Waals surface area contributed by atoms with Gasteiger partial charge in [-0.15, -0.1) is 0 Å². The van der Waals surface area contributed by atoms with E-state index in [-0.39, 0.29) is 11.8 Å². The third-order valence-electron chi connectivity index (χ3n) is 6.94. The predicted octanol–water partition coefficient (Wildman–Crippen LogP) is 4.11. The van der Waals surface area contributed by atoms with E-state index in [9.17, 15) is 9.59 Å². The van der Waals surface area contributed by atoms with Crippen LogP contribution in [0.1, 0.15) is 36.8 Å². The Kier molecular flexibility index (Phi) is 6.01. The van der Waals surface area contributed by atoms with Gasteiger partial charge in [0.15, 0.2) is 0 Å². The number of amides is 2. The van der Waals surface area contributed by atoms with E-state index in [4.69, 9.17) is 4.74 Å². The summed E-state index contributed by atoms with van der Waals surface area (Å²) in [5.41, 5.74) is 4.44. The van der Waals surface area contributed by atoms with Gasteiger partial charge in [0.1, 0.15) is 11.8 Å². The second kappa shape index (κ2) is 9.25. The van der Waals surface area contributed by atoms with Gasteiger partial charge in [0.05, 0.1) is 7.11 Å². The normalized spacial score (nSPS) is 15.5. The van der Waals surface area contributed by atoms with Gasteiger partial charge < -0.3 is 24.9 Å². The molecule has 4 aromatic rings. The van der Waals surface area contributed by atoms with Crippen molar-refractivity contribution in [1.29, 1.82) is 0 Å². The highest BCUT2D eigenvalue weighted by Gasteiger charge is 2.30. The fourth-order valence-corrected chi connectivity index (χ4v) is 5.18. The molecule has 7 heteroatoms. The van der Waals surface area contributed by atoms with E-state index in [1.165, 1.54) is 17.9 Å². The summed E-state index contributed by atoms with van der Waals surface area (Å²) in [6.45, 7) is 2.81. The average molecular weight is 459 g/mol. The number of H-pyrrole nitrogens is 2. The number of methoxy groups -OCH3 is 1. The molecule has 0 aliphatic carbocycles. The molecular weight excluding hydrogens is 428 g/mol. The van der Waals surface area contributed by atoms with E-state index in [0.717, 1.165) is 40.6 Å². The van der Waals surface area contributed by atoms with E-state index in [2.05, 4.69) is 27.5 Å². The maximum Gasteiger partial charge on any atom is 0.245 e. The SMILES string of the molecule is COc1ccc2[nH]cc(C3CCN(C(=O)C(Cc4c[nH]c5ccccc45)NC(C)=O)CC3)c2c1. The van der Waals surface area contributed by atoms with Crippen LogP contribution in [0.2, 0.25) is 0 Å². The topological polar surface area (TPSA) is 90.2 Å². The number of aromatic amines is 2. The van der Waals surface area contributed by atoms with Gasteiger partial charge in [-0.2, -0.15) is 0 Å². The van der Waals surface area contributed by atoms with E-state index in [1.54, 1.807) is 7.11 Å². The van der Waals surface area contributed by atoms with Crippen LogP contribution in [0.4, 0.5) is 0 Å². The van der Waals surface area contributed by atoms with Crippen LogP contribution in [-0.2, 0) is 16.0 Å². The van der Waals surface area contributed by atoms with Gasteiger partial charge in [0.2, 0.25) is 11.8 Å². The Morgan fingerprint density at radius 3 is 2.56 bits per heavy atom. The van der Waals surface area contributed by atoms with Gasteiger partial charge in [0, 0.05) is 60.6 Å². The maximum absolute atomic E-state index is 13.5. The first-order valence-corrected chi connectivity index (χ1v) is 11.8. The molecule has 1 atom stereocenters. The molecule has 2 aromatic heterocycles. The lowest BCUT2D eigenvalue weighted by atomic mass is 9.88. The first kappa shape index (κ1) is 22.1. The Bertz CT molecular complexity index is 1330. The molecule has 1 unspecified atom stereocenters. The molecule has 5 rings (SSSR count). The molecule has 2 aromatic carbocycles. The molecule has 1 saturated heterocycles. The molecule has 3 N–H and O–H groups in total. The van der Waals surface area contributed by atoms with Crippen LogP contribution in [0.5, 0.6) is 5.75 Å². The number of nitrogens with zero attached hydrogens (tertiary/aromatic N) is 1. The van der Waals surface area contributed by atoms with Crippen LogP contribution < -0.4 is 10.1 Å².